The maximum Gasteiger partial charge on any atom is 0.220 e. The van der Waals surface area contributed by atoms with Crippen molar-refractivity contribution in [1.29, 1.82) is 0 Å². The fourth-order valence-corrected chi connectivity index (χ4v) is 1.70. The molecule has 0 saturated carbocycles. The van der Waals surface area contributed by atoms with Crippen LogP contribution in [0.1, 0.15) is 24.0 Å². The average molecular weight is 231 g/mol. The smallest absolute Gasteiger partial charge is 0.220 e. The second-order valence-electron chi connectivity index (χ2n) is 3.71. The first-order valence-corrected chi connectivity index (χ1v) is 5.45. The highest BCUT2D eigenvalue weighted by Gasteiger charge is 2.20. The molecule has 0 spiro atoms. The van der Waals surface area contributed by atoms with Gasteiger partial charge in [-0.2, -0.15) is 0 Å². The molecule has 0 fully saturated rings. The molecule has 2 N–H and O–H groups in total. The van der Waals surface area contributed by atoms with Crippen molar-refractivity contribution in [3.63, 3.8) is 0 Å². The van der Waals surface area contributed by atoms with Gasteiger partial charge < -0.3 is 10.3 Å². The predicted molar refractivity (Wildman–Crippen MR) is 63.7 cm³/mol. The molecule has 0 aliphatic carbocycles. The van der Waals surface area contributed by atoms with Crippen LogP contribution in [-0.2, 0) is 4.79 Å². The van der Waals surface area contributed by atoms with E-state index >= 15 is 0 Å². The Kier molecular flexibility index (Phi) is 3.18. The van der Waals surface area contributed by atoms with Crippen LogP contribution in [0, 0.1) is 0 Å². The van der Waals surface area contributed by atoms with Gasteiger partial charge in [0.1, 0.15) is 0 Å². The quantitative estimate of drug-likeness (QED) is 0.601. The van der Waals surface area contributed by atoms with E-state index in [0.717, 1.165) is 11.0 Å². The van der Waals surface area contributed by atoms with Crippen LogP contribution in [0.5, 0.6) is 0 Å². The fraction of sp³-hybridized carbons (Fsp3) is 0.250. The van der Waals surface area contributed by atoms with Gasteiger partial charge in [-0.1, -0.05) is 19.1 Å². The molecule has 0 bridgehead atoms. The van der Waals surface area contributed by atoms with Crippen molar-refractivity contribution < 1.29 is 9.59 Å². The zero-order chi connectivity index (χ0) is 12.3. The second kappa shape index (κ2) is 4.78. The minimum atomic E-state index is -0.520. The Labute approximate surface area is 98.2 Å². The van der Waals surface area contributed by atoms with Crippen molar-refractivity contribution in [1.82, 2.24) is 15.3 Å². The third kappa shape index (κ3) is 2.18. The number of H-pyrrole nitrogens is 1. The van der Waals surface area contributed by atoms with Crippen molar-refractivity contribution in [3.05, 3.63) is 30.1 Å². The maximum absolute atomic E-state index is 12.0. The molecule has 2 rings (SSSR count). The third-order valence-corrected chi connectivity index (χ3v) is 2.62. The van der Waals surface area contributed by atoms with E-state index in [0.29, 0.717) is 12.8 Å². The number of amides is 1. The van der Waals surface area contributed by atoms with Gasteiger partial charge in [-0.15, -0.1) is 0 Å². The van der Waals surface area contributed by atoms with Crippen molar-refractivity contribution in [2.24, 2.45) is 0 Å². The first kappa shape index (κ1) is 11.3. The maximum atomic E-state index is 12.0. The van der Waals surface area contributed by atoms with Crippen molar-refractivity contribution in [2.45, 2.75) is 19.4 Å². The van der Waals surface area contributed by atoms with Gasteiger partial charge in [-0.25, -0.2) is 4.98 Å². The predicted octanol–water partition coefficient (Wildman–Crippen LogP) is 1.27. The molecule has 0 radical (unpaired) electrons. The Bertz CT molecular complexity index is 514. The summed E-state index contributed by atoms with van der Waals surface area (Å²) >= 11 is 0. The molecule has 0 saturated heterocycles. The number of Topliss-reactive ketones (excluding diaryl/α,β-unsaturated/α-hetero) is 1. The van der Waals surface area contributed by atoms with E-state index in [1.54, 1.807) is 0 Å². The number of nitrogens with one attached hydrogen (secondary N) is 2. The lowest BCUT2D eigenvalue weighted by Gasteiger charge is -2.09. The normalized spacial score (nSPS) is 12.3. The lowest BCUT2D eigenvalue weighted by atomic mass is 10.1. The molecular formula is C12H13N3O2. The molecule has 5 nitrogen and oxygen atoms in total. The highest BCUT2D eigenvalue weighted by molar-refractivity contribution is 6.00. The Morgan fingerprint density at radius 3 is 2.94 bits per heavy atom. The number of carbonyl (C=O) groups is 2. The van der Waals surface area contributed by atoms with Gasteiger partial charge >= 0.3 is 0 Å². The molecule has 1 aromatic heterocycles. The molecule has 0 aliphatic heterocycles. The van der Waals surface area contributed by atoms with Gasteiger partial charge in [0.05, 0.1) is 17.1 Å². The topological polar surface area (TPSA) is 74.8 Å². The lowest BCUT2D eigenvalue weighted by Crippen LogP contribution is -2.35. The van der Waals surface area contributed by atoms with E-state index in [-0.39, 0.29) is 11.6 Å². The molecule has 0 unspecified atom stereocenters. The van der Waals surface area contributed by atoms with Crippen molar-refractivity contribution >= 4 is 23.2 Å². The van der Waals surface area contributed by atoms with Crippen LogP contribution in [0.25, 0.3) is 11.0 Å². The number of ketones is 1. The van der Waals surface area contributed by atoms with E-state index < -0.39 is 6.04 Å². The molecule has 17 heavy (non-hydrogen) atoms. The molecule has 1 amide bonds. The largest absolute Gasteiger partial charge is 0.348 e. The Morgan fingerprint density at radius 2 is 2.29 bits per heavy atom. The van der Waals surface area contributed by atoms with E-state index in [1.807, 2.05) is 31.2 Å². The number of rotatable bonds is 5. The number of carbonyl (C=O) groups excluding carboxylic acids is 2. The Hall–Kier alpha value is -2.17. The van der Waals surface area contributed by atoms with E-state index in [2.05, 4.69) is 15.3 Å². The summed E-state index contributed by atoms with van der Waals surface area (Å²) in [7, 11) is 0. The molecule has 0 aliphatic rings. The standard InChI is InChI=1S/C12H13N3O2/c1-2-8(13-7-16)11(17)12-14-9-5-3-4-6-10(9)15-12/h3-8H,2H2,1H3,(H,13,16)(H,14,15)/t8-/m0/s1. The number of aromatic nitrogens is 2. The summed E-state index contributed by atoms with van der Waals surface area (Å²) in [5, 5.41) is 2.48. The van der Waals surface area contributed by atoms with Gasteiger partial charge in [-0.3, -0.25) is 9.59 Å². The minimum absolute atomic E-state index is 0.198. The van der Waals surface area contributed by atoms with Gasteiger partial charge in [0.25, 0.3) is 0 Å². The first-order valence-electron chi connectivity index (χ1n) is 5.45. The Morgan fingerprint density at radius 1 is 1.53 bits per heavy atom. The molecular weight excluding hydrogens is 218 g/mol. The SMILES string of the molecule is CC[C@H](NC=O)C(=O)c1nc2ccccc2[nH]1. The zero-order valence-corrected chi connectivity index (χ0v) is 9.43. The number of imidazole rings is 1. The van der Waals surface area contributed by atoms with E-state index in [9.17, 15) is 9.59 Å². The van der Waals surface area contributed by atoms with Gasteiger partial charge in [0, 0.05) is 0 Å². The van der Waals surface area contributed by atoms with Crippen molar-refractivity contribution in [2.75, 3.05) is 0 Å². The molecule has 1 heterocycles. The summed E-state index contributed by atoms with van der Waals surface area (Å²) in [6.45, 7) is 1.84. The van der Waals surface area contributed by atoms with Gasteiger partial charge in [0.2, 0.25) is 12.2 Å². The van der Waals surface area contributed by atoms with E-state index in [4.69, 9.17) is 0 Å². The number of hydrogen-bond donors (Lipinski definition) is 2. The minimum Gasteiger partial charge on any atom is -0.348 e. The van der Waals surface area contributed by atoms with Crippen LogP contribution in [-0.4, -0.2) is 28.2 Å². The van der Waals surface area contributed by atoms with Crippen LogP contribution >= 0.6 is 0 Å². The summed E-state index contributed by atoms with van der Waals surface area (Å²) in [5.74, 6) is 0.0863. The first-order chi connectivity index (χ1) is 8.26. The number of para-hydroxylation sites is 2. The monoisotopic (exact) mass is 231 g/mol. The number of hydrogen-bond acceptors (Lipinski definition) is 3. The highest BCUT2D eigenvalue weighted by Crippen LogP contribution is 2.12. The summed E-state index contributed by atoms with van der Waals surface area (Å²) in [5.41, 5.74) is 1.56. The number of aromatic amines is 1. The average Bonchev–Trinajstić information content (AvgIpc) is 2.78. The summed E-state index contributed by atoms with van der Waals surface area (Å²) in [6, 6.07) is 6.89. The summed E-state index contributed by atoms with van der Waals surface area (Å²) in [4.78, 5) is 29.6. The van der Waals surface area contributed by atoms with Crippen LogP contribution in [0.3, 0.4) is 0 Å². The van der Waals surface area contributed by atoms with Crippen LogP contribution < -0.4 is 5.32 Å². The second-order valence-corrected chi connectivity index (χ2v) is 3.71. The van der Waals surface area contributed by atoms with Crippen molar-refractivity contribution in [3.8, 4) is 0 Å². The van der Waals surface area contributed by atoms with Crippen LogP contribution in [0.15, 0.2) is 24.3 Å². The molecule has 1 atom stereocenters. The number of nitrogens with zero attached hydrogens (tertiary/aromatic N) is 1. The molecule has 5 heteroatoms. The van der Waals surface area contributed by atoms with Crippen LogP contribution in [0.2, 0.25) is 0 Å². The third-order valence-electron chi connectivity index (χ3n) is 2.62. The molecule has 2 aromatic rings. The zero-order valence-electron chi connectivity index (χ0n) is 9.43. The van der Waals surface area contributed by atoms with Gasteiger partial charge in [-0.05, 0) is 18.6 Å². The lowest BCUT2D eigenvalue weighted by molar-refractivity contribution is -0.110. The number of fused-ring (bicyclic) bond motifs is 1. The van der Waals surface area contributed by atoms with Crippen LogP contribution in [0.4, 0.5) is 0 Å². The molecule has 88 valence electrons. The highest BCUT2D eigenvalue weighted by atomic mass is 16.1. The summed E-state index contributed by atoms with van der Waals surface area (Å²) < 4.78 is 0. The Balaban J connectivity index is 2.32. The fourth-order valence-electron chi connectivity index (χ4n) is 1.70. The molecule has 1 aromatic carbocycles. The van der Waals surface area contributed by atoms with Gasteiger partial charge in [0.15, 0.2) is 5.82 Å². The number of benzene rings is 1. The van der Waals surface area contributed by atoms with E-state index in [1.165, 1.54) is 0 Å². The summed E-state index contributed by atoms with van der Waals surface area (Å²) in [6.07, 6.45) is 1.07.